The van der Waals surface area contributed by atoms with Crippen LogP contribution in [0.4, 0.5) is 17.6 Å². The average Bonchev–Trinajstić information content (AvgIpc) is 2.92. The molecule has 0 aliphatic heterocycles. The van der Waals surface area contributed by atoms with Crippen molar-refractivity contribution in [1.82, 2.24) is 9.88 Å². The minimum absolute atomic E-state index is 0.0378. The summed E-state index contributed by atoms with van der Waals surface area (Å²) in [7, 11) is 0. The predicted molar refractivity (Wildman–Crippen MR) is 95.0 cm³/mol. The molecule has 0 atom stereocenters. The van der Waals surface area contributed by atoms with Crippen molar-refractivity contribution in [2.75, 3.05) is 6.54 Å². The lowest BCUT2D eigenvalue weighted by atomic mass is 10.2. The number of aromatic nitrogens is 1. The lowest BCUT2D eigenvalue weighted by Gasteiger charge is -2.09. The maximum atomic E-state index is 13.3. The smallest absolute Gasteiger partial charge is 0.244 e. The maximum absolute atomic E-state index is 13.3. The number of hydrogen-bond donors (Lipinski definition) is 1. The number of aryl methyl sites for hydroxylation is 1. The van der Waals surface area contributed by atoms with Gasteiger partial charge in [-0.1, -0.05) is 0 Å². The first-order valence-electron chi connectivity index (χ1n) is 8.21. The van der Waals surface area contributed by atoms with Crippen LogP contribution in [0.25, 0.3) is 17.0 Å². The molecule has 7 heteroatoms. The van der Waals surface area contributed by atoms with Gasteiger partial charge in [0, 0.05) is 35.8 Å². The third-order valence-electron chi connectivity index (χ3n) is 4.14. The van der Waals surface area contributed by atoms with E-state index in [0.29, 0.717) is 13.1 Å². The van der Waals surface area contributed by atoms with Gasteiger partial charge in [-0.15, -0.1) is 0 Å². The molecule has 0 aliphatic rings. The molecule has 0 unspecified atom stereocenters. The highest BCUT2D eigenvalue weighted by molar-refractivity contribution is 5.91. The van der Waals surface area contributed by atoms with Gasteiger partial charge in [0.05, 0.1) is 0 Å². The van der Waals surface area contributed by atoms with Gasteiger partial charge in [0.15, 0.2) is 17.5 Å². The Balaban J connectivity index is 1.61. The second kappa shape index (κ2) is 7.65. The van der Waals surface area contributed by atoms with Gasteiger partial charge in [-0.3, -0.25) is 4.79 Å². The molecule has 0 saturated heterocycles. The fourth-order valence-corrected chi connectivity index (χ4v) is 2.87. The first-order chi connectivity index (χ1) is 12.8. The van der Waals surface area contributed by atoms with E-state index < -0.39 is 23.4 Å². The molecule has 3 aromatic rings. The van der Waals surface area contributed by atoms with E-state index in [2.05, 4.69) is 5.32 Å². The number of carbonyl (C=O) groups is 1. The minimum Gasteiger partial charge on any atom is -0.351 e. The van der Waals surface area contributed by atoms with E-state index in [0.717, 1.165) is 34.8 Å². The second-order valence-electron chi connectivity index (χ2n) is 6.06. The fourth-order valence-electron chi connectivity index (χ4n) is 2.87. The number of amides is 1. The number of fused-ring (bicyclic) bond motifs is 1. The molecule has 1 aromatic heterocycles. The summed E-state index contributed by atoms with van der Waals surface area (Å²) in [5.41, 5.74) is 1.82. The molecule has 1 heterocycles. The number of halogens is 4. The monoisotopic (exact) mass is 376 g/mol. The van der Waals surface area contributed by atoms with Gasteiger partial charge in [0.1, 0.15) is 5.82 Å². The predicted octanol–water partition coefficient (Wildman–Crippen LogP) is 4.34. The zero-order valence-corrected chi connectivity index (χ0v) is 14.4. The maximum Gasteiger partial charge on any atom is 0.244 e. The van der Waals surface area contributed by atoms with Crippen LogP contribution in [-0.2, 0) is 11.3 Å². The summed E-state index contributed by atoms with van der Waals surface area (Å²) in [6, 6.07) is 7.96. The van der Waals surface area contributed by atoms with Crippen molar-refractivity contribution in [1.29, 1.82) is 0 Å². The molecule has 2 aromatic carbocycles. The van der Waals surface area contributed by atoms with Crippen LogP contribution in [0.15, 0.2) is 42.5 Å². The largest absolute Gasteiger partial charge is 0.351 e. The molecule has 0 spiro atoms. The SMILES string of the molecule is Cc1cc2cc(F)ccc2n1CCNC(=O)/C=C/c1cc(F)c(F)c(F)c1. The van der Waals surface area contributed by atoms with Crippen molar-refractivity contribution < 1.29 is 22.4 Å². The van der Waals surface area contributed by atoms with Gasteiger partial charge in [0.2, 0.25) is 5.91 Å². The number of rotatable bonds is 5. The van der Waals surface area contributed by atoms with E-state index in [4.69, 9.17) is 0 Å². The summed E-state index contributed by atoms with van der Waals surface area (Å²) in [6.07, 6.45) is 2.31. The van der Waals surface area contributed by atoms with Gasteiger partial charge < -0.3 is 9.88 Å². The first kappa shape index (κ1) is 18.7. The van der Waals surface area contributed by atoms with Crippen LogP contribution in [0, 0.1) is 30.2 Å². The molecule has 0 radical (unpaired) electrons. The van der Waals surface area contributed by atoms with E-state index >= 15 is 0 Å². The van der Waals surface area contributed by atoms with E-state index in [1.807, 2.05) is 17.6 Å². The van der Waals surface area contributed by atoms with Gasteiger partial charge in [0.25, 0.3) is 0 Å². The molecular formula is C20H16F4N2O. The van der Waals surface area contributed by atoms with Crippen LogP contribution in [0.3, 0.4) is 0 Å². The van der Waals surface area contributed by atoms with E-state index in [-0.39, 0.29) is 11.4 Å². The van der Waals surface area contributed by atoms with Crippen molar-refractivity contribution in [2.24, 2.45) is 0 Å². The number of carbonyl (C=O) groups excluding carboxylic acids is 1. The molecular weight excluding hydrogens is 360 g/mol. The van der Waals surface area contributed by atoms with Gasteiger partial charge in [-0.05, 0) is 55.0 Å². The number of benzene rings is 2. The number of nitrogens with one attached hydrogen (secondary N) is 1. The Bertz CT molecular complexity index is 1020. The lowest BCUT2D eigenvalue weighted by molar-refractivity contribution is -0.116. The fraction of sp³-hybridized carbons (Fsp3) is 0.150. The highest BCUT2D eigenvalue weighted by Crippen LogP contribution is 2.20. The molecule has 0 saturated carbocycles. The number of nitrogens with zero attached hydrogens (tertiary/aromatic N) is 1. The van der Waals surface area contributed by atoms with Crippen LogP contribution in [-0.4, -0.2) is 17.0 Å². The van der Waals surface area contributed by atoms with Gasteiger partial charge >= 0.3 is 0 Å². The van der Waals surface area contributed by atoms with Gasteiger partial charge in [-0.2, -0.15) is 0 Å². The van der Waals surface area contributed by atoms with Crippen LogP contribution in [0.1, 0.15) is 11.3 Å². The number of hydrogen-bond acceptors (Lipinski definition) is 1. The molecule has 27 heavy (non-hydrogen) atoms. The Hall–Kier alpha value is -3.09. The second-order valence-corrected chi connectivity index (χ2v) is 6.06. The van der Waals surface area contributed by atoms with Crippen molar-refractivity contribution in [2.45, 2.75) is 13.5 Å². The first-order valence-corrected chi connectivity index (χ1v) is 8.21. The molecule has 0 fully saturated rings. The molecule has 0 aliphatic carbocycles. The van der Waals surface area contributed by atoms with Crippen LogP contribution in [0.2, 0.25) is 0 Å². The lowest BCUT2D eigenvalue weighted by Crippen LogP contribution is -2.25. The topological polar surface area (TPSA) is 34.0 Å². The van der Waals surface area contributed by atoms with E-state index in [1.54, 1.807) is 6.07 Å². The zero-order chi connectivity index (χ0) is 19.6. The molecule has 1 amide bonds. The van der Waals surface area contributed by atoms with Crippen molar-refractivity contribution >= 4 is 22.9 Å². The molecule has 3 rings (SSSR count). The highest BCUT2D eigenvalue weighted by Gasteiger charge is 2.09. The van der Waals surface area contributed by atoms with E-state index in [1.165, 1.54) is 18.2 Å². The van der Waals surface area contributed by atoms with Crippen LogP contribution < -0.4 is 5.32 Å². The summed E-state index contributed by atoms with van der Waals surface area (Å²) >= 11 is 0. The zero-order valence-electron chi connectivity index (χ0n) is 14.4. The normalized spacial score (nSPS) is 11.4. The van der Waals surface area contributed by atoms with Crippen LogP contribution in [0.5, 0.6) is 0 Å². The van der Waals surface area contributed by atoms with Crippen molar-refractivity contribution in [3.63, 3.8) is 0 Å². The summed E-state index contributed by atoms with van der Waals surface area (Å²) in [6.45, 7) is 2.66. The minimum atomic E-state index is -1.55. The summed E-state index contributed by atoms with van der Waals surface area (Å²) in [4.78, 5) is 11.9. The van der Waals surface area contributed by atoms with Crippen LogP contribution >= 0.6 is 0 Å². The Morgan fingerprint density at radius 1 is 1.07 bits per heavy atom. The van der Waals surface area contributed by atoms with E-state index in [9.17, 15) is 22.4 Å². The Kier molecular flexibility index (Phi) is 5.30. The highest BCUT2D eigenvalue weighted by atomic mass is 19.2. The van der Waals surface area contributed by atoms with Crippen molar-refractivity contribution in [3.05, 3.63) is 77.0 Å². The molecule has 1 N–H and O–H groups in total. The van der Waals surface area contributed by atoms with Crippen molar-refractivity contribution in [3.8, 4) is 0 Å². The Morgan fingerprint density at radius 2 is 1.78 bits per heavy atom. The third-order valence-corrected chi connectivity index (χ3v) is 4.14. The molecule has 3 nitrogen and oxygen atoms in total. The summed E-state index contributed by atoms with van der Waals surface area (Å²) in [5, 5.41) is 3.43. The molecule has 0 bridgehead atoms. The third kappa shape index (κ3) is 4.19. The Morgan fingerprint density at radius 3 is 2.48 bits per heavy atom. The standard InChI is InChI=1S/C20H16F4N2O/c1-12-8-14-11-15(21)3-4-18(14)26(12)7-6-25-19(27)5-2-13-9-16(22)20(24)17(23)10-13/h2-5,8-11H,6-7H2,1H3,(H,25,27)/b5-2+. The summed E-state index contributed by atoms with van der Waals surface area (Å²) in [5.74, 6) is -4.96. The summed E-state index contributed by atoms with van der Waals surface area (Å²) < 4.78 is 54.4. The Labute approximate surface area is 152 Å². The molecule has 140 valence electrons. The average molecular weight is 376 g/mol. The van der Waals surface area contributed by atoms with Gasteiger partial charge in [-0.25, -0.2) is 17.6 Å². The quantitative estimate of drug-likeness (QED) is 0.401.